The minimum absolute atomic E-state index is 0. The van der Waals surface area contributed by atoms with Gasteiger partial charge in [0, 0.05) is 37.8 Å². The van der Waals surface area contributed by atoms with Crippen LogP contribution in [0.4, 0.5) is 5.69 Å². The van der Waals surface area contributed by atoms with Crippen LogP contribution in [0.1, 0.15) is 42.4 Å². The molecule has 2 N–H and O–H groups in total. The van der Waals surface area contributed by atoms with Crippen molar-refractivity contribution in [3.8, 4) is 0 Å². The lowest BCUT2D eigenvalue weighted by molar-refractivity contribution is -0.139. The number of carbonyl (C=O) groups is 2. The summed E-state index contributed by atoms with van der Waals surface area (Å²) in [5.41, 5.74) is 10.2. The molecule has 2 aliphatic rings. The first-order chi connectivity index (χ1) is 11.9. The Morgan fingerprint density at radius 2 is 1.85 bits per heavy atom. The fourth-order valence-corrected chi connectivity index (χ4v) is 4.46. The average molecular weight is 380 g/mol. The molecule has 5 nitrogen and oxygen atoms in total. The molecule has 0 aliphatic carbocycles. The van der Waals surface area contributed by atoms with E-state index in [0.717, 1.165) is 42.6 Å². The molecular formula is C20H30ClN3O2. The van der Waals surface area contributed by atoms with Crippen molar-refractivity contribution in [2.24, 2.45) is 11.7 Å². The smallest absolute Gasteiger partial charge is 0.228 e. The van der Waals surface area contributed by atoms with Crippen molar-refractivity contribution in [3.63, 3.8) is 0 Å². The summed E-state index contributed by atoms with van der Waals surface area (Å²) in [4.78, 5) is 29.4. The van der Waals surface area contributed by atoms with E-state index < -0.39 is 0 Å². The Hall–Kier alpha value is -1.59. The Bertz CT molecular complexity index is 669. The lowest BCUT2D eigenvalue weighted by Crippen LogP contribution is -2.50. The third-order valence-corrected chi connectivity index (χ3v) is 5.56. The number of piperidine rings is 1. The third kappa shape index (κ3) is 3.89. The third-order valence-electron chi connectivity index (χ3n) is 5.56. The Morgan fingerprint density at radius 1 is 1.19 bits per heavy atom. The number of rotatable bonds is 3. The van der Waals surface area contributed by atoms with Crippen molar-refractivity contribution < 1.29 is 9.59 Å². The highest BCUT2D eigenvalue weighted by molar-refractivity contribution is 6.01. The Kier molecular flexibility index (Phi) is 6.69. The van der Waals surface area contributed by atoms with Crippen molar-refractivity contribution >= 4 is 29.9 Å². The summed E-state index contributed by atoms with van der Waals surface area (Å²) in [5, 5.41) is 0. The zero-order valence-corrected chi connectivity index (χ0v) is 16.8. The maximum atomic E-state index is 13.0. The Balaban J connectivity index is 0.00000243. The fraction of sp³-hybridized carbons (Fsp3) is 0.600. The lowest BCUT2D eigenvalue weighted by atomic mass is 9.98. The van der Waals surface area contributed by atoms with E-state index in [-0.39, 0.29) is 36.2 Å². The number of amides is 2. The van der Waals surface area contributed by atoms with Gasteiger partial charge < -0.3 is 15.5 Å². The van der Waals surface area contributed by atoms with Gasteiger partial charge in [0.1, 0.15) is 0 Å². The summed E-state index contributed by atoms with van der Waals surface area (Å²) in [6, 6.07) is 4.33. The predicted octanol–water partition coefficient (Wildman–Crippen LogP) is 2.73. The zero-order chi connectivity index (χ0) is 18.1. The van der Waals surface area contributed by atoms with Gasteiger partial charge in [0.15, 0.2) is 0 Å². The molecule has 0 bridgehead atoms. The highest BCUT2D eigenvalue weighted by Crippen LogP contribution is 2.33. The van der Waals surface area contributed by atoms with Gasteiger partial charge in [-0.1, -0.05) is 17.7 Å². The molecule has 2 unspecified atom stereocenters. The van der Waals surface area contributed by atoms with Gasteiger partial charge in [0.25, 0.3) is 0 Å². The van der Waals surface area contributed by atoms with Crippen molar-refractivity contribution in [1.29, 1.82) is 0 Å². The fourth-order valence-electron chi connectivity index (χ4n) is 4.46. The van der Waals surface area contributed by atoms with E-state index in [4.69, 9.17) is 5.73 Å². The highest BCUT2D eigenvalue weighted by atomic mass is 35.5. The number of halogens is 1. The maximum absolute atomic E-state index is 13.0. The van der Waals surface area contributed by atoms with Crippen molar-refractivity contribution in [2.45, 2.75) is 52.5 Å². The van der Waals surface area contributed by atoms with Crippen LogP contribution in [0.15, 0.2) is 12.1 Å². The SMILES string of the molecule is Cc1cc(C)c(N2CC(C(=O)N3CCCCC3CN)CC2=O)c(C)c1.Cl. The van der Waals surface area contributed by atoms with Gasteiger partial charge in [-0.2, -0.15) is 0 Å². The summed E-state index contributed by atoms with van der Waals surface area (Å²) in [5.74, 6) is -0.0946. The van der Waals surface area contributed by atoms with Gasteiger partial charge in [-0.15, -0.1) is 12.4 Å². The van der Waals surface area contributed by atoms with Crippen molar-refractivity contribution in [1.82, 2.24) is 4.90 Å². The summed E-state index contributed by atoms with van der Waals surface area (Å²) in [7, 11) is 0. The second-order valence-electron chi connectivity index (χ2n) is 7.57. The molecule has 2 heterocycles. The molecule has 2 fully saturated rings. The van der Waals surface area contributed by atoms with Gasteiger partial charge in [-0.05, 0) is 51.2 Å². The van der Waals surface area contributed by atoms with E-state index in [2.05, 4.69) is 19.1 Å². The van der Waals surface area contributed by atoms with E-state index in [9.17, 15) is 9.59 Å². The molecule has 0 radical (unpaired) electrons. The predicted molar refractivity (Wildman–Crippen MR) is 107 cm³/mol. The van der Waals surface area contributed by atoms with Gasteiger partial charge in [-0.25, -0.2) is 0 Å². The van der Waals surface area contributed by atoms with E-state index in [1.165, 1.54) is 5.56 Å². The first-order valence-electron chi connectivity index (χ1n) is 9.31. The normalized spacial score (nSPS) is 23.2. The molecule has 144 valence electrons. The Labute approximate surface area is 162 Å². The molecule has 26 heavy (non-hydrogen) atoms. The number of anilines is 1. The summed E-state index contributed by atoms with van der Waals surface area (Å²) in [6.07, 6.45) is 3.44. The zero-order valence-electron chi connectivity index (χ0n) is 16.0. The van der Waals surface area contributed by atoms with Crippen LogP contribution in [0.25, 0.3) is 0 Å². The van der Waals surface area contributed by atoms with E-state index in [0.29, 0.717) is 19.5 Å². The first kappa shape index (κ1) is 20.7. The van der Waals surface area contributed by atoms with E-state index in [1.54, 1.807) is 0 Å². The van der Waals surface area contributed by atoms with Crippen LogP contribution in [-0.4, -0.2) is 42.4 Å². The summed E-state index contributed by atoms with van der Waals surface area (Å²) in [6.45, 7) is 7.89. The minimum atomic E-state index is -0.250. The number of likely N-dealkylation sites (tertiary alicyclic amines) is 1. The first-order valence-corrected chi connectivity index (χ1v) is 9.31. The second kappa shape index (κ2) is 8.40. The van der Waals surface area contributed by atoms with E-state index in [1.807, 2.05) is 23.6 Å². The number of benzene rings is 1. The lowest BCUT2D eigenvalue weighted by Gasteiger charge is -2.36. The van der Waals surface area contributed by atoms with Gasteiger partial charge in [0.2, 0.25) is 11.8 Å². The number of hydrogen-bond donors (Lipinski definition) is 1. The number of nitrogens with two attached hydrogens (primary N) is 1. The number of nitrogens with zero attached hydrogens (tertiary/aromatic N) is 2. The van der Waals surface area contributed by atoms with Crippen LogP contribution in [0.3, 0.4) is 0 Å². The summed E-state index contributed by atoms with van der Waals surface area (Å²) >= 11 is 0. The van der Waals surface area contributed by atoms with Crippen molar-refractivity contribution in [2.75, 3.05) is 24.5 Å². The molecule has 0 saturated carbocycles. The van der Waals surface area contributed by atoms with Gasteiger partial charge >= 0.3 is 0 Å². The number of hydrogen-bond acceptors (Lipinski definition) is 3. The average Bonchev–Trinajstić information content (AvgIpc) is 2.95. The topological polar surface area (TPSA) is 66.6 Å². The largest absolute Gasteiger partial charge is 0.338 e. The quantitative estimate of drug-likeness (QED) is 0.878. The van der Waals surface area contributed by atoms with Crippen LogP contribution < -0.4 is 10.6 Å². The molecule has 2 aliphatic heterocycles. The highest BCUT2D eigenvalue weighted by Gasteiger charge is 2.40. The molecule has 0 aromatic heterocycles. The monoisotopic (exact) mass is 379 g/mol. The van der Waals surface area contributed by atoms with Crippen LogP contribution in [-0.2, 0) is 9.59 Å². The maximum Gasteiger partial charge on any atom is 0.228 e. The molecule has 6 heteroatoms. The molecule has 2 amide bonds. The molecule has 2 saturated heterocycles. The molecule has 1 aromatic rings. The van der Waals surface area contributed by atoms with Crippen LogP contribution >= 0.6 is 12.4 Å². The Morgan fingerprint density at radius 3 is 2.46 bits per heavy atom. The van der Waals surface area contributed by atoms with E-state index >= 15 is 0 Å². The second-order valence-corrected chi connectivity index (χ2v) is 7.57. The van der Waals surface area contributed by atoms with Gasteiger partial charge in [0.05, 0.1) is 5.92 Å². The van der Waals surface area contributed by atoms with Crippen LogP contribution in [0, 0.1) is 26.7 Å². The molecule has 3 rings (SSSR count). The van der Waals surface area contributed by atoms with Crippen molar-refractivity contribution in [3.05, 3.63) is 28.8 Å². The van der Waals surface area contributed by atoms with Crippen LogP contribution in [0.5, 0.6) is 0 Å². The number of aryl methyl sites for hydroxylation is 3. The molecule has 0 spiro atoms. The molecule has 1 aromatic carbocycles. The minimum Gasteiger partial charge on any atom is -0.338 e. The summed E-state index contributed by atoms with van der Waals surface area (Å²) < 4.78 is 0. The molecule has 2 atom stereocenters. The number of carbonyl (C=O) groups excluding carboxylic acids is 2. The molecular weight excluding hydrogens is 350 g/mol. The van der Waals surface area contributed by atoms with Crippen LogP contribution in [0.2, 0.25) is 0 Å². The van der Waals surface area contributed by atoms with Gasteiger partial charge in [-0.3, -0.25) is 9.59 Å². The standard InChI is InChI=1S/C20H29N3O2.ClH/c1-13-8-14(2)19(15(3)9-13)23-12-16(10-18(23)24)20(25)22-7-5-4-6-17(22)11-21;/h8-9,16-17H,4-7,10-12,21H2,1-3H3;1H.